The van der Waals surface area contributed by atoms with Gasteiger partial charge in [-0.15, -0.1) is 0 Å². The van der Waals surface area contributed by atoms with Crippen molar-refractivity contribution in [3.63, 3.8) is 0 Å². The zero-order valence-electron chi connectivity index (χ0n) is 24.7. The maximum atomic E-state index is 13.4. The van der Waals surface area contributed by atoms with Crippen LogP contribution in [-0.4, -0.2) is 89.7 Å². The van der Waals surface area contributed by atoms with E-state index >= 15 is 0 Å². The molecule has 10 nitrogen and oxygen atoms in total. The van der Waals surface area contributed by atoms with Crippen LogP contribution in [0.25, 0.3) is 0 Å². The average Bonchev–Trinajstić information content (AvgIpc) is 3.55. The monoisotopic (exact) mass is 574 g/mol. The number of rotatable bonds is 10. The molecule has 0 aromatic rings. The quantitative estimate of drug-likeness (QED) is 0.217. The van der Waals surface area contributed by atoms with Crippen LogP contribution < -0.4 is 10.6 Å². The van der Waals surface area contributed by atoms with Crippen LogP contribution in [0.4, 0.5) is 0 Å². The number of quaternary nitrogens is 1. The second-order valence-corrected chi connectivity index (χ2v) is 13.6. The van der Waals surface area contributed by atoms with Crippen molar-refractivity contribution in [1.82, 2.24) is 10.2 Å². The molecule has 1 heterocycles. The van der Waals surface area contributed by atoms with Crippen LogP contribution in [0.1, 0.15) is 78.1 Å². The molecular weight excluding hydrogens is 526 g/mol. The molecule has 7 atom stereocenters. The molecule has 0 aromatic heterocycles. The number of carbonyl (C=O) groups excluding carboxylic acids is 4. The molecule has 3 saturated carbocycles. The summed E-state index contributed by atoms with van der Waals surface area (Å²) in [6.45, 7) is 8.20. The van der Waals surface area contributed by atoms with Gasteiger partial charge in [-0.25, -0.2) is 0 Å². The molecule has 0 aromatic carbocycles. The van der Waals surface area contributed by atoms with E-state index in [2.05, 4.69) is 22.5 Å². The summed E-state index contributed by atoms with van der Waals surface area (Å²) >= 11 is 0. The first-order chi connectivity index (χ1) is 19.5. The number of nitrogens with two attached hydrogens (primary N) is 1. The molecule has 228 valence electrons. The average molecular weight is 575 g/mol. The third kappa shape index (κ3) is 5.65. The first-order valence-electron chi connectivity index (χ1n) is 15.6. The van der Waals surface area contributed by atoms with Crippen molar-refractivity contribution in [2.75, 3.05) is 39.5 Å². The zero-order valence-corrected chi connectivity index (χ0v) is 24.7. The van der Waals surface area contributed by atoms with Crippen molar-refractivity contribution in [2.24, 2.45) is 28.6 Å². The molecule has 1 amide bonds. The van der Waals surface area contributed by atoms with Crippen molar-refractivity contribution < 1.29 is 39.4 Å². The van der Waals surface area contributed by atoms with Gasteiger partial charge in [-0.05, 0) is 74.2 Å². The normalized spacial score (nSPS) is 38.4. The molecule has 0 bridgehead atoms. The number of amides is 1. The molecule has 4 fully saturated rings. The highest BCUT2D eigenvalue weighted by atomic mass is 16.5. The Labute approximate surface area is 242 Å². The van der Waals surface area contributed by atoms with Crippen molar-refractivity contribution >= 4 is 23.4 Å². The van der Waals surface area contributed by atoms with E-state index in [4.69, 9.17) is 4.74 Å². The van der Waals surface area contributed by atoms with E-state index in [0.29, 0.717) is 25.8 Å². The topological polar surface area (TPSA) is 150 Å². The fourth-order valence-electron chi connectivity index (χ4n) is 9.16. The van der Waals surface area contributed by atoms with Crippen LogP contribution in [0, 0.1) is 28.6 Å². The van der Waals surface area contributed by atoms with Gasteiger partial charge in [0, 0.05) is 31.3 Å². The van der Waals surface area contributed by atoms with Crippen molar-refractivity contribution in [2.45, 2.75) is 89.8 Å². The number of aliphatic hydroxyl groups is 2. The fourth-order valence-corrected chi connectivity index (χ4v) is 9.16. The van der Waals surface area contributed by atoms with Gasteiger partial charge in [0.1, 0.15) is 12.3 Å². The smallest absolute Gasteiger partial charge is 0.306 e. The molecule has 5 N–H and O–H groups in total. The van der Waals surface area contributed by atoms with Crippen LogP contribution in [0.3, 0.4) is 0 Å². The Kier molecular flexibility index (Phi) is 8.77. The van der Waals surface area contributed by atoms with E-state index in [1.165, 1.54) is 0 Å². The van der Waals surface area contributed by atoms with E-state index in [1.807, 2.05) is 6.92 Å². The SMILES string of the molecule is CC12CCC(=O)C=C1CCC1C2C(O)CC2(C)C1CCC2(O)C(=O)COC(=O)CCC(=O)NCCCN1CC[NH2+]C1. The maximum absolute atomic E-state index is 13.4. The van der Waals surface area contributed by atoms with Crippen LogP contribution in [0.2, 0.25) is 0 Å². The Bertz CT molecular complexity index is 1090. The number of aliphatic hydroxyl groups excluding tert-OH is 1. The molecule has 0 radical (unpaired) electrons. The predicted molar refractivity (Wildman–Crippen MR) is 149 cm³/mol. The molecule has 10 heteroatoms. The van der Waals surface area contributed by atoms with Crippen LogP contribution in [-0.2, 0) is 23.9 Å². The largest absolute Gasteiger partial charge is 0.458 e. The number of Topliss-reactive ketones (excluding diaryl/α,β-unsaturated/α-hetero) is 1. The Hall–Kier alpha value is -2.14. The molecule has 41 heavy (non-hydrogen) atoms. The van der Waals surface area contributed by atoms with Gasteiger partial charge in [0.15, 0.2) is 12.4 Å². The number of fused-ring (bicyclic) bond motifs is 5. The number of allylic oxidation sites excluding steroid dienone is 1. The van der Waals surface area contributed by atoms with Gasteiger partial charge in [0.2, 0.25) is 11.7 Å². The van der Waals surface area contributed by atoms with E-state index in [0.717, 1.165) is 57.6 Å². The standard InChI is InChI=1S/C31H47N3O7/c1-29-10-8-21(35)16-20(29)4-5-22-23-9-11-31(40,30(23,2)17-24(36)28(22)29)25(37)18-41-27(39)7-6-26(38)33-12-3-14-34-15-13-32-19-34/h16,22-24,28,32,36,40H,3-15,17-19H2,1-2H3,(H,33,38)/p+1. The number of hydrogen-bond donors (Lipinski definition) is 4. The Morgan fingerprint density at radius 3 is 2.73 bits per heavy atom. The number of nitrogens with zero attached hydrogens (tertiary/aromatic N) is 1. The summed E-state index contributed by atoms with van der Waals surface area (Å²) in [5.74, 6) is -1.03. The van der Waals surface area contributed by atoms with Crippen molar-refractivity contribution in [1.29, 1.82) is 0 Å². The lowest BCUT2D eigenvalue weighted by Crippen LogP contribution is -2.82. The van der Waals surface area contributed by atoms with E-state index < -0.39 is 35.5 Å². The number of ether oxygens (including phenoxy) is 1. The first kappa shape index (κ1) is 30.3. The van der Waals surface area contributed by atoms with Gasteiger partial charge < -0.3 is 25.6 Å². The van der Waals surface area contributed by atoms with Gasteiger partial charge in [0.25, 0.3) is 0 Å². The van der Waals surface area contributed by atoms with Gasteiger partial charge in [-0.1, -0.05) is 19.4 Å². The molecule has 4 aliphatic carbocycles. The summed E-state index contributed by atoms with van der Waals surface area (Å²) in [6.07, 6.45) is 5.90. The summed E-state index contributed by atoms with van der Waals surface area (Å²) in [4.78, 5) is 52.3. The summed E-state index contributed by atoms with van der Waals surface area (Å²) in [6, 6.07) is 0. The molecule has 5 rings (SSSR count). The second-order valence-electron chi connectivity index (χ2n) is 13.6. The molecule has 0 spiro atoms. The van der Waals surface area contributed by atoms with Crippen LogP contribution in [0.5, 0.6) is 0 Å². The Morgan fingerprint density at radius 1 is 1.17 bits per heavy atom. The summed E-state index contributed by atoms with van der Waals surface area (Å²) in [7, 11) is 0. The highest BCUT2D eigenvalue weighted by molar-refractivity contribution is 5.92. The van der Waals surface area contributed by atoms with Gasteiger partial charge in [-0.3, -0.25) is 24.1 Å². The lowest BCUT2D eigenvalue weighted by atomic mass is 9.45. The Balaban J connectivity index is 1.12. The van der Waals surface area contributed by atoms with Gasteiger partial charge in [0.05, 0.1) is 25.6 Å². The number of nitrogens with one attached hydrogen (secondary N) is 1. The molecule has 7 unspecified atom stereocenters. The van der Waals surface area contributed by atoms with E-state index in [9.17, 15) is 29.4 Å². The maximum Gasteiger partial charge on any atom is 0.306 e. The molecular formula is C31H48N3O7+. The van der Waals surface area contributed by atoms with Crippen LogP contribution >= 0.6 is 0 Å². The number of esters is 1. The third-order valence-corrected chi connectivity index (χ3v) is 11.4. The summed E-state index contributed by atoms with van der Waals surface area (Å²) < 4.78 is 5.24. The van der Waals surface area contributed by atoms with Gasteiger partial charge >= 0.3 is 5.97 Å². The zero-order chi connectivity index (χ0) is 29.4. The minimum atomic E-state index is -1.69. The molecule has 5 aliphatic rings. The number of ketones is 2. The number of hydrogen-bond acceptors (Lipinski definition) is 8. The number of carbonyl (C=O) groups is 4. The van der Waals surface area contributed by atoms with Crippen molar-refractivity contribution in [3.05, 3.63) is 11.6 Å². The summed E-state index contributed by atoms with van der Waals surface area (Å²) in [5.41, 5.74) is -1.61. The molecule has 1 aliphatic heterocycles. The third-order valence-electron chi connectivity index (χ3n) is 11.4. The fraction of sp³-hybridized carbons (Fsp3) is 0.806. The second kappa shape index (κ2) is 11.9. The minimum absolute atomic E-state index is 0.00572. The van der Waals surface area contributed by atoms with E-state index in [-0.39, 0.29) is 54.1 Å². The van der Waals surface area contributed by atoms with E-state index in [1.54, 1.807) is 6.08 Å². The Morgan fingerprint density at radius 2 is 1.98 bits per heavy atom. The highest BCUT2D eigenvalue weighted by Crippen LogP contribution is 2.67. The first-order valence-corrected chi connectivity index (χ1v) is 15.6. The summed E-state index contributed by atoms with van der Waals surface area (Å²) in [5, 5.41) is 28.4. The minimum Gasteiger partial charge on any atom is -0.458 e. The van der Waals surface area contributed by atoms with Gasteiger partial charge in [-0.2, -0.15) is 0 Å². The highest BCUT2D eigenvalue weighted by Gasteiger charge is 2.68. The molecule has 1 saturated heterocycles. The van der Waals surface area contributed by atoms with Crippen LogP contribution in [0.15, 0.2) is 11.6 Å². The lowest BCUT2D eigenvalue weighted by Gasteiger charge is -2.60. The lowest BCUT2D eigenvalue weighted by molar-refractivity contribution is -0.642. The van der Waals surface area contributed by atoms with Crippen molar-refractivity contribution in [3.8, 4) is 0 Å². The predicted octanol–water partition coefficient (Wildman–Crippen LogP) is 0.456.